The van der Waals surface area contributed by atoms with Gasteiger partial charge in [0.1, 0.15) is 5.75 Å². The van der Waals surface area contributed by atoms with E-state index in [1.807, 2.05) is 0 Å². The molecule has 0 aliphatic heterocycles. The fourth-order valence-corrected chi connectivity index (χ4v) is 0.836. The number of phenols is 1. The van der Waals surface area contributed by atoms with E-state index in [-0.39, 0.29) is 29.5 Å². The minimum Gasteiger partial charge on any atom is -0.507 e. The summed E-state index contributed by atoms with van der Waals surface area (Å²) in [4.78, 5) is 10.8. The van der Waals surface area contributed by atoms with Crippen molar-refractivity contribution in [3.05, 3.63) is 23.8 Å². The molecule has 0 bridgehead atoms. The lowest BCUT2D eigenvalue weighted by Crippen LogP contribution is -1.94. The third-order valence-electron chi connectivity index (χ3n) is 1.40. The molecule has 0 atom stereocenters. The van der Waals surface area contributed by atoms with Gasteiger partial charge in [-0.05, 0) is 25.1 Å². The molecule has 0 unspecified atom stereocenters. The molecule has 4 heteroatoms. The van der Waals surface area contributed by atoms with Crippen molar-refractivity contribution >= 4 is 23.9 Å². The molecule has 0 saturated carbocycles. The molecule has 0 radical (unpaired) electrons. The van der Waals surface area contributed by atoms with Gasteiger partial charge in [-0.1, -0.05) is 0 Å². The topological polar surface area (TPSA) is 63.3 Å². The minimum absolute atomic E-state index is 0. The number of halogens is 1. The van der Waals surface area contributed by atoms with Gasteiger partial charge in [0.05, 0.1) is 5.56 Å². The summed E-state index contributed by atoms with van der Waals surface area (Å²) in [5, 5.41) is 9.13. The number of Topliss-reactive ketones (excluding diaryl/α,β-unsaturated/α-hetero) is 1. The fraction of sp³-hybridized carbons (Fsp3) is 0.125. The van der Waals surface area contributed by atoms with Crippen LogP contribution in [-0.2, 0) is 0 Å². The lowest BCUT2D eigenvalue weighted by Gasteiger charge is -2.00. The van der Waals surface area contributed by atoms with Crippen molar-refractivity contribution in [2.45, 2.75) is 6.92 Å². The predicted octanol–water partition coefficient (Wildman–Crippen LogP) is 1.60. The number of benzene rings is 1. The molecule has 0 aliphatic rings. The molecular formula is C8H10ClNO2. The zero-order valence-corrected chi connectivity index (χ0v) is 7.39. The van der Waals surface area contributed by atoms with Crippen LogP contribution in [0.1, 0.15) is 17.3 Å². The van der Waals surface area contributed by atoms with Gasteiger partial charge in [-0.15, -0.1) is 12.4 Å². The first-order chi connectivity index (χ1) is 5.11. The Morgan fingerprint density at radius 2 is 2.08 bits per heavy atom. The van der Waals surface area contributed by atoms with Gasteiger partial charge in [-0.25, -0.2) is 0 Å². The molecule has 3 N–H and O–H groups in total. The van der Waals surface area contributed by atoms with Crippen molar-refractivity contribution in [3.63, 3.8) is 0 Å². The van der Waals surface area contributed by atoms with E-state index in [1.165, 1.54) is 19.1 Å². The SMILES string of the molecule is CC(=O)c1cc(N)ccc1O.Cl. The molecular weight excluding hydrogens is 178 g/mol. The Morgan fingerprint density at radius 1 is 1.50 bits per heavy atom. The van der Waals surface area contributed by atoms with Crippen LogP contribution in [0.15, 0.2) is 18.2 Å². The minimum atomic E-state index is -0.185. The predicted molar refractivity (Wildman–Crippen MR) is 49.8 cm³/mol. The number of hydrogen-bond donors (Lipinski definition) is 2. The Hall–Kier alpha value is -1.22. The van der Waals surface area contributed by atoms with Crippen molar-refractivity contribution in [2.24, 2.45) is 0 Å². The lowest BCUT2D eigenvalue weighted by molar-refractivity contribution is 0.101. The van der Waals surface area contributed by atoms with E-state index in [2.05, 4.69) is 0 Å². The van der Waals surface area contributed by atoms with Crippen molar-refractivity contribution in [1.29, 1.82) is 0 Å². The summed E-state index contributed by atoms with van der Waals surface area (Å²) in [5.74, 6) is -0.207. The molecule has 0 aliphatic carbocycles. The van der Waals surface area contributed by atoms with Crippen LogP contribution in [0.25, 0.3) is 0 Å². The van der Waals surface area contributed by atoms with Crippen LogP contribution in [0.2, 0.25) is 0 Å². The van der Waals surface area contributed by atoms with Gasteiger partial charge >= 0.3 is 0 Å². The molecule has 0 heterocycles. The Balaban J connectivity index is 0.00000121. The van der Waals surface area contributed by atoms with Crippen LogP contribution in [0.5, 0.6) is 5.75 Å². The summed E-state index contributed by atoms with van der Waals surface area (Å²) in [7, 11) is 0. The number of ketones is 1. The number of rotatable bonds is 1. The summed E-state index contributed by atoms with van der Waals surface area (Å²) in [6.45, 7) is 1.38. The van der Waals surface area contributed by atoms with Gasteiger partial charge in [0, 0.05) is 5.69 Å². The summed E-state index contributed by atoms with van der Waals surface area (Å²) in [6, 6.07) is 4.41. The molecule has 0 amide bonds. The van der Waals surface area contributed by atoms with Crippen molar-refractivity contribution in [2.75, 3.05) is 5.73 Å². The van der Waals surface area contributed by atoms with E-state index in [0.717, 1.165) is 0 Å². The Labute approximate surface area is 76.6 Å². The molecule has 1 rings (SSSR count). The molecule has 0 spiro atoms. The summed E-state index contributed by atoms with van der Waals surface area (Å²) in [6.07, 6.45) is 0. The zero-order chi connectivity index (χ0) is 8.43. The fourth-order valence-electron chi connectivity index (χ4n) is 0.836. The average molecular weight is 188 g/mol. The van der Waals surface area contributed by atoms with Crippen LogP contribution in [0.3, 0.4) is 0 Å². The van der Waals surface area contributed by atoms with Gasteiger partial charge in [-0.2, -0.15) is 0 Å². The maximum atomic E-state index is 10.8. The van der Waals surface area contributed by atoms with Gasteiger partial charge in [0.15, 0.2) is 5.78 Å². The third-order valence-corrected chi connectivity index (χ3v) is 1.40. The zero-order valence-electron chi connectivity index (χ0n) is 6.57. The number of phenolic OH excluding ortho intramolecular Hbond substituents is 1. The first-order valence-corrected chi connectivity index (χ1v) is 3.20. The van der Waals surface area contributed by atoms with Crippen LogP contribution in [0, 0.1) is 0 Å². The maximum absolute atomic E-state index is 10.8. The van der Waals surface area contributed by atoms with Crippen LogP contribution in [0.4, 0.5) is 5.69 Å². The highest BCUT2D eigenvalue weighted by Gasteiger charge is 2.04. The molecule has 1 aromatic rings. The third kappa shape index (κ3) is 2.13. The van der Waals surface area contributed by atoms with E-state index in [0.29, 0.717) is 5.69 Å². The Kier molecular flexibility index (Phi) is 3.57. The van der Waals surface area contributed by atoms with E-state index < -0.39 is 0 Å². The van der Waals surface area contributed by atoms with E-state index in [9.17, 15) is 4.79 Å². The lowest BCUT2D eigenvalue weighted by atomic mass is 10.1. The first-order valence-electron chi connectivity index (χ1n) is 3.20. The maximum Gasteiger partial charge on any atom is 0.163 e. The average Bonchev–Trinajstić information content (AvgIpc) is 1.94. The second-order valence-electron chi connectivity index (χ2n) is 2.33. The Bertz CT molecular complexity index is 299. The van der Waals surface area contributed by atoms with Gasteiger partial charge in [-0.3, -0.25) is 4.79 Å². The quantitative estimate of drug-likeness (QED) is 0.399. The second kappa shape index (κ2) is 3.97. The normalized spacial score (nSPS) is 8.75. The van der Waals surface area contributed by atoms with Crippen LogP contribution >= 0.6 is 12.4 Å². The van der Waals surface area contributed by atoms with Gasteiger partial charge < -0.3 is 10.8 Å². The van der Waals surface area contributed by atoms with E-state index in [4.69, 9.17) is 10.8 Å². The number of anilines is 1. The van der Waals surface area contributed by atoms with Crippen molar-refractivity contribution < 1.29 is 9.90 Å². The number of carbonyl (C=O) groups excluding carboxylic acids is 1. The van der Waals surface area contributed by atoms with E-state index in [1.54, 1.807) is 6.07 Å². The summed E-state index contributed by atoms with van der Waals surface area (Å²) < 4.78 is 0. The number of hydrogen-bond acceptors (Lipinski definition) is 3. The van der Waals surface area contributed by atoms with Crippen molar-refractivity contribution in [1.82, 2.24) is 0 Å². The molecule has 1 aromatic carbocycles. The smallest absolute Gasteiger partial charge is 0.163 e. The molecule has 0 fully saturated rings. The van der Waals surface area contributed by atoms with Crippen LogP contribution in [-0.4, -0.2) is 10.9 Å². The molecule has 66 valence electrons. The first kappa shape index (κ1) is 10.8. The molecule has 12 heavy (non-hydrogen) atoms. The molecule has 0 saturated heterocycles. The second-order valence-corrected chi connectivity index (χ2v) is 2.33. The number of nitrogen functional groups attached to an aromatic ring is 1. The van der Waals surface area contributed by atoms with Crippen molar-refractivity contribution in [3.8, 4) is 5.75 Å². The standard InChI is InChI=1S/C8H9NO2.ClH/c1-5(10)7-4-6(9)2-3-8(7)11;/h2-4,11H,9H2,1H3;1H. The van der Waals surface area contributed by atoms with E-state index >= 15 is 0 Å². The largest absolute Gasteiger partial charge is 0.507 e. The molecule has 3 nitrogen and oxygen atoms in total. The van der Waals surface area contributed by atoms with Gasteiger partial charge in [0.2, 0.25) is 0 Å². The monoisotopic (exact) mass is 187 g/mol. The summed E-state index contributed by atoms with van der Waals surface area (Å²) in [5.41, 5.74) is 6.15. The summed E-state index contributed by atoms with van der Waals surface area (Å²) >= 11 is 0. The highest BCUT2D eigenvalue weighted by molar-refractivity contribution is 5.97. The van der Waals surface area contributed by atoms with Crippen LogP contribution < -0.4 is 5.73 Å². The Morgan fingerprint density at radius 3 is 2.50 bits per heavy atom. The number of aromatic hydroxyl groups is 1. The molecule has 0 aromatic heterocycles. The van der Waals surface area contributed by atoms with Gasteiger partial charge in [0.25, 0.3) is 0 Å². The highest BCUT2D eigenvalue weighted by Crippen LogP contribution is 2.19. The highest BCUT2D eigenvalue weighted by atomic mass is 35.5. The number of carbonyl (C=O) groups is 1. The number of nitrogens with two attached hydrogens (primary N) is 1.